The van der Waals surface area contributed by atoms with E-state index in [1.165, 1.54) is 6.07 Å². The molecule has 3 nitrogen and oxygen atoms in total. The van der Waals surface area contributed by atoms with Gasteiger partial charge in [-0.25, -0.2) is 4.39 Å². The van der Waals surface area contributed by atoms with Crippen molar-refractivity contribution in [2.75, 3.05) is 12.8 Å². The van der Waals surface area contributed by atoms with Crippen LogP contribution in [-0.4, -0.2) is 17.9 Å². The Hall–Kier alpha value is -2.36. The third-order valence-corrected chi connectivity index (χ3v) is 3.14. The maximum atomic E-state index is 13.5. The summed E-state index contributed by atoms with van der Waals surface area (Å²) < 4.78 is 13.5. The fourth-order valence-corrected chi connectivity index (χ4v) is 1.98. The van der Waals surface area contributed by atoms with Crippen molar-refractivity contribution in [1.82, 2.24) is 4.90 Å². The molecular weight excluding hydrogens is 255 g/mol. The number of benzene rings is 2. The van der Waals surface area contributed by atoms with E-state index >= 15 is 0 Å². The largest absolute Gasteiger partial charge is 0.399 e. The van der Waals surface area contributed by atoms with Crippen LogP contribution in [0.15, 0.2) is 42.5 Å². The lowest BCUT2D eigenvalue weighted by atomic mass is 10.1. The number of carbonyl (C=O) groups is 1. The molecular formula is C16H17FN2O. The lowest BCUT2D eigenvalue weighted by Gasteiger charge is -2.18. The number of rotatable bonds is 3. The third-order valence-electron chi connectivity index (χ3n) is 3.14. The summed E-state index contributed by atoms with van der Waals surface area (Å²) in [5, 5.41) is 0. The molecule has 0 saturated carbocycles. The highest BCUT2D eigenvalue weighted by Crippen LogP contribution is 2.14. The van der Waals surface area contributed by atoms with Crippen LogP contribution in [0.25, 0.3) is 0 Å². The number of amides is 1. The van der Waals surface area contributed by atoms with Gasteiger partial charge >= 0.3 is 0 Å². The van der Waals surface area contributed by atoms with Crippen LogP contribution in [0.2, 0.25) is 0 Å². The molecule has 0 saturated heterocycles. The zero-order valence-electron chi connectivity index (χ0n) is 11.6. The van der Waals surface area contributed by atoms with E-state index in [2.05, 4.69) is 0 Å². The highest BCUT2D eigenvalue weighted by Gasteiger charge is 2.13. The highest BCUT2D eigenvalue weighted by atomic mass is 19.1. The van der Waals surface area contributed by atoms with Crippen LogP contribution in [0.1, 0.15) is 21.5 Å². The molecule has 2 rings (SSSR count). The predicted molar refractivity (Wildman–Crippen MR) is 77.8 cm³/mol. The van der Waals surface area contributed by atoms with Gasteiger partial charge in [-0.2, -0.15) is 0 Å². The van der Waals surface area contributed by atoms with Gasteiger partial charge < -0.3 is 10.6 Å². The number of carbonyl (C=O) groups excluding carboxylic acids is 1. The lowest BCUT2D eigenvalue weighted by Crippen LogP contribution is -2.26. The first kappa shape index (κ1) is 14.1. The second kappa shape index (κ2) is 5.74. The van der Waals surface area contributed by atoms with Gasteiger partial charge in [0.05, 0.1) is 0 Å². The number of nitrogen functional groups attached to an aromatic ring is 1. The van der Waals surface area contributed by atoms with Crippen LogP contribution in [0.3, 0.4) is 0 Å². The van der Waals surface area contributed by atoms with E-state index in [-0.39, 0.29) is 11.7 Å². The fourth-order valence-electron chi connectivity index (χ4n) is 1.98. The SMILES string of the molecule is Cc1ccc(C(=O)N(C)Cc2cccc(N)c2)cc1F. The predicted octanol–water partition coefficient (Wildman–Crippen LogP) is 2.99. The van der Waals surface area contributed by atoms with Crippen LogP contribution >= 0.6 is 0 Å². The molecule has 0 aliphatic heterocycles. The number of nitrogens with two attached hydrogens (primary N) is 1. The Balaban J connectivity index is 2.14. The van der Waals surface area contributed by atoms with Gasteiger partial charge in [0.15, 0.2) is 0 Å². The molecule has 0 fully saturated rings. The molecule has 0 heterocycles. The van der Waals surface area contributed by atoms with E-state index in [4.69, 9.17) is 5.73 Å². The number of hydrogen-bond donors (Lipinski definition) is 1. The Kier molecular flexibility index (Phi) is 4.03. The molecule has 20 heavy (non-hydrogen) atoms. The Morgan fingerprint density at radius 3 is 2.65 bits per heavy atom. The van der Waals surface area contributed by atoms with Gasteiger partial charge in [-0.3, -0.25) is 4.79 Å². The molecule has 4 heteroatoms. The molecule has 0 bridgehead atoms. The summed E-state index contributed by atoms with van der Waals surface area (Å²) in [6.07, 6.45) is 0. The monoisotopic (exact) mass is 272 g/mol. The summed E-state index contributed by atoms with van der Waals surface area (Å²) in [6, 6.07) is 11.9. The second-order valence-electron chi connectivity index (χ2n) is 4.87. The van der Waals surface area contributed by atoms with Gasteiger partial charge in [-0.1, -0.05) is 18.2 Å². The zero-order chi connectivity index (χ0) is 14.7. The maximum Gasteiger partial charge on any atom is 0.253 e. The zero-order valence-corrected chi connectivity index (χ0v) is 11.6. The van der Waals surface area contributed by atoms with Crippen molar-refractivity contribution in [3.63, 3.8) is 0 Å². The van der Waals surface area contributed by atoms with Crippen LogP contribution in [-0.2, 0) is 6.54 Å². The van der Waals surface area contributed by atoms with E-state index in [1.54, 1.807) is 37.1 Å². The number of aryl methyl sites for hydroxylation is 1. The average Bonchev–Trinajstić information content (AvgIpc) is 2.41. The Morgan fingerprint density at radius 2 is 2.00 bits per heavy atom. The van der Waals surface area contributed by atoms with Gasteiger partial charge in [0.1, 0.15) is 5.82 Å². The first-order valence-corrected chi connectivity index (χ1v) is 6.33. The molecule has 0 aromatic heterocycles. The van der Waals surface area contributed by atoms with Gasteiger partial charge in [0.2, 0.25) is 0 Å². The molecule has 0 radical (unpaired) electrons. The van der Waals surface area contributed by atoms with E-state index in [0.29, 0.717) is 23.4 Å². The highest BCUT2D eigenvalue weighted by molar-refractivity contribution is 5.94. The average molecular weight is 272 g/mol. The maximum absolute atomic E-state index is 13.5. The van der Waals surface area contributed by atoms with E-state index < -0.39 is 0 Å². The fraction of sp³-hybridized carbons (Fsp3) is 0.188. The van der Waals surface area contributed by atoms with Gasteiger partial charge in [0, 0.05) is 24.8 Å². The number of anilines is 1. The third kappa shape index (κ3) is 3.15. The summed E-state index contributed by atoms with van der Waals surface area (Å²) in [5.41, 5.74) is 8.18. The number of halogens is 1. The molecule has 104 valence electrons. The Labute approximate surface area is 117 Å². The summed E-state index contributed by atoms with van der Waals surface area (Å²) >= 11 is 0. The molecule has 0 atom stereocenters. The van der Waals surface area contributed by atoms with E-state index in [0.717, 1.165) is 5.56 Å². The Bertz CT molecular complexity index is 640. The Morgan fingerprint density at radius 1 is 1.25 bits per heavy atom. The van der Waals surface area contributed by atoms with Gasteiger partial charge in [0.25, 0.3) is 5.91 Å². The van der Waals surface area contributed by atoms with Gasteiger partial charge in [-0.15, -0.1) is 0 Å². The topological polar surface area (TPSA) is 46.3 Å². The summed E-state index contributed by atoms with van der Waals surface area (Å²) in [5.74, 6) is -0.584. The van der Waals surface area contributed by atoms with Crippen molar-refractivity contribution >= 4 is 11.6 Å². The molecule has 2 N–H and O–H groups in total. The molecule has 2 aromatic carbocycles. The van der Waals surface area contributed by atoms with Gasteiger partial charge in [-0.05, 0) is 42.3 Å². The van der Waals surface area contributed by atoms with Crippen molar-refractivity contribution in [3.8, 4) is 0 Å². The first-order valence-electron chi connectivity index (χ1n) is 6.33. The minimum absolute atomic E-state index is 0.216. The minimum Gasteiger partial charge on any atom is -0.399 e. The molecule has 0 unspecified atom stereocenters. The first-order chi connectivity index (χ1) is 9.47. The van der Waals surface area contributed by atoms with Crippen molar-refractivity contribution in [3.05, 3.63) is 65.0 Å². The van der Waals surface area contributed by atoms with Crippen LogP contribution in [0.5, 0.6) is 0 Å². The smallest absolute Gasteiger partial charge is 0.253 e. The summed E-state index contributed by atoms with van der Waals surface area (Å²) in [6.45, 7) is 2.10. The van der Waals surface area contributed by atoms with E-state index in [1.807, 2.05) is 18.2 Å². The number of hydrogen-bond acceptors (Lipinski definition) is 2. The van der Waals surface area contributed by atoms with Crippen molar-refractivity contribution in [2.45, 2.75) is 13.5 Å². The molecule has 2 aromatic rings. The molecule has 0 aliphatic carbocycles. The lowest BCUT2D eigenvalue weighted by molar-refractivity contribution is 0.0784. The molecule has 0 aliphatic rings. The summed E-state index contributed by atoms with van der Waals surface area (Å²) in [7, 11) is 1.68. The standard InChI is InChI=1S/C16H17FN2O/c1-11-6-7-13(9-15(11)17)16(20)19(2)10-12-4-3-5-14(18)8-12/h3-9H,10,18H2,1-2H3. The molecule has 0 spiro atoms. The van der Waals surface area contributed by atoms with E-state index in [9.17, 15) is 9.18 Å². The van der Waals surface area contributed by atoms with Crippen molar-refractivity contribution < 1.29 is 9.18 Å². The second-order valence-corrected chi connectivity index (χ2v) is 4.87. The van der Waals surface area contributed by atoms with Crippen molar-refractivity contribution in [1.29, 1.82) is 0 Å². The minimum atomic E-state index is -0.367. The summed E-state index contributed by atoms with van der Waals surface area (Å²) in [4.78, 5) is 13.8. The van der Waals surface area contributed by atoms with Crippen LogP contribution in [0, 0.1) is 12.7 Å². The van der Waals surface area contributed by atoms with Crippen molar-refractivity contribution in [2.24, 2.45) is 0 Å². The quantitative estimate of drug-likeness (QED) is 0.873. The molecule has 1 amide bonds. The number of nitrogens with zero attached hydrogens (tertiary/aromatic N) is 1. The normalized spacial score (nSPS) is 10.3. The van der Waals surface area contributed by atoms with Crippen LogP contribution < -0.4 is 5.73 Å². The van der Waals surface area contributed by atoms with Crippen LogP contribution in [0.4, 0.5) is 10.1 Å².